The van der Waals surface area contributed by atoms with Crippen molar-refractivity contribution < 1.29 is 9.90 Å². The molecule has 1 rings (SSSR count). The maximum absolute atomic E-state index is 10.7. The molecule has 2 atom stereocenters. The minimum Gasteiger partial charge on any atom is -0.465 e. The number of carbonyl (C=O) groups is 1. The van der Waals surface area contributed by atoms with E-state index in [0.29, 0.717) is 3.92 Å². The average Bonchev–Trinajstić information content (AvgIpc) is 2.04. The lowest BCUT2D eigenvalue weighted by molar-refractivity contribution is 0.130. The third-order valence-electron chi connectivity index (χ3n) is 2.45. The van der Waals surface area contributed by atoms with Crippen molar-refractivity contribution in [3.8, 4) is 0 Å². The van der Waals surface area contributed by atoms with Gasteiger partial charge in [0.05, 0.1) is 0 Å². The Balaban J connectivity index is 2.53. The van der Waals surface area contributed by atoms with Gasteiger partial charge < -0.3 is 10.0 Å². The molecule has 4 heteroatoms. The van der Waals surface area contributed by atoms with Crippen molar-refractivity contribution in [1.82, 2.24) is 4.90 Å². The highest BCUT2D eigenvalue weighted by Crippen LogP contribution is 2.28. The predicted molar refractivity (Wildman–Crippen MR) is 55.9 cm³/mol. The van der Waals surface area contributed by atoms with Crippen LogP contribution in [0.2, 0.25) is 0 Å². The van der Waals surface area contributed by atoms with Crippen molar-refractivity contribution in [2.24, 2.45) is 0 Å². The Morgan fingerprint density at radius 3 is 2.58 bits per heavy atom. The number of alkyl halides is 1. The van der Waals surface area contributed by atoms with Crippen molar-refractivity contribution in [2.75, 3.05) is 7.05 Å². The summed E-state index contributed by atoms with van der Waals surface area (Å²) >= 11 is 2.36. The molecular formula is C8H14INO2. The van der Waals surface area contributed by atoms with Gasteiger partial charge in [-0.15, -0.1) is 0 Å². The summed E-state index contributed by atoms with van der Waals surface area (Å²) < 4.78 is 0.498. The summed E-state index contributed by atoms with van der Waals surface area (Å²) in [6.07, 6.45) is 3.79. The van der Waals surface area contributed by atoms with E-state index in [-0.39, 0.29) is 6.04 Å². The van der Waals surface area contributed by atoms with E-state index >= 15 is 0 Å². The zero-order valence-electron chi connectivity index (χ0n) is 7.16. The molecule has 1 fully saturated rings. The Labute approximate surface area is 86.3 Å². The molecule has 12 heavy (non-hydrogen) atoms. The average molecular weight is 283 g/mol. The van der Waals surface area contributed by atoms with E-state index in [9.17, 15) is 4.79 Å². The van der Waals surface area contributed by atoms with Crippen molar-refractivity contribution in [3.63, 3.8) is 0 Å². The second kappa shape index (κ2) is 4.30. The molecule has 0 aromatic rings. The standard InChI is InChI=1S/C8H14INO2/c1-10(8(11)12)7-5-3-2-4-6(7)9/h6-7H,2-5H2,1H3,(H,11,12). The maximum Gasteiger partial charge on any atom is 0.407 e. The molecular weight excluding hydrogens is 269 g/mol. The number of hydrogen-bond donors (Lipinski definition) is 1. The van der Waals surface area contributed by atoms with Gasteiger partial charge in [-0.1, -0.05) is 35.4 Å². The van der Waals surface area contributed by atoms with Gasteiger partial charge in [0.2, 0.25) is 0 Å². The van der Waals surface area contributed by atoms with Crippen LogP contribution in [0.4, 0.5) is 4.79 Å². The van der Waals surface area contributed by atoms with Crippen LogP contribution in [-0.4, -0.2) is 33.1 Å². The molecule has 1 aliphatic carbocycles. The highest BCUT2D eigenvalue weighted by Gasteiger charge is 2.28. The van der Waals surface area contributed by atoms with Crippen molar-refractivity contribution in [2.45, 2.75) is 35.6 Å². The lowest BCUT2D eigenvalue weighted by Gasteiger charge is -2.33. The Hall–Kier alpha value is 0. The zero-order valence-corrected chi connectivity index (χ0v) is 9.32. The fourth-order valence-corrected chi connectivity index (χ4v) is 2.93. The molecule has 0 aliphatic heterocycles. The smallest absolute Gasteiger partial charge is 0.407 e. The van der Waals surface area contributed by atoms with Gasteiger partial charge in [-0.2, -0.15) is 0 Å². The zero-order chi connectivity index (χ0) is 9.14. The van der Waals surface area contributed by atoms with E-state index < -0.39 is 6.09 Å². The molecule has 0 heterocycles. The molecule has 1 amide bonds. The van der Waals surface area contributed by atoms with Gasteiger partial charge in [0.15, 0.2) is 0 Å². The first-order valence-corrected chi connectivity index (χ1v) is 5.47. The molecule has 1 saturated carbocycles. The predicted octanol–water partition coefficient (Wildman–Crippen LogP) is 2.34. The summed E-state index contributed by atoms with van der Waals surface area (Å²) in [7, 11) is 1.67. The van der Waals surface area contributed by atoms with Crippen LogP contribution in [0.1, 0.15) is 25.7 Å². The summed E-state index contributed by atoms with van der Waals surface area (Å²) in [5.74, 6) is 0. The van der Waals surface area contributed by atoms with Gasteiger partial charge in [-0.3, -0.25) is 0 Å². The minimum atomic E-state index is -0.802. The molecule has 0 saturated heterocycles. The molecule has 0 aromatic heterocycles. The highest BCUT2D eigenvalue weighted by atomic mass is 127. The van der Waals surface area contributed by atoms with E-state index in [4.69, 9.17) is 5.11 Å². The molecule has 0 aromatic carbocycles. The Morgan fingerprint density at radius 1 is 1.50 bits per heavy atom. The van der Waals surface area contributed by atoms with Crippen LogP contribution in [0.15, 0.2) is 0 Å². The van der Waals surface area contributed by atoms with E-state index in [1.807, 2.05) is 0 Å². The lowest BCUT2D eigenvalue weighted by Crippen LogP contribution is -2.43. The largest absolute Gasteiger partial charge is 0.465 e. The Kier molecular flexibility index (Phi) is 3.61. The van der Waals surface area contributed by atoms with Gasteiger partial charge in [-0.05, 0) is 12.8 Å². The third-order valence-corrected chi connectivity index (χ3v) is 3.90. The Morgan fingerprint density at radius 2 is 2.08 bits per heavy atom. The Bertz CT molecular complexity index is 174. The first kappa shape index (κ1) is 10.1. The summed E-state index contributed by atoms with van der Waals surface area (Å²) in [5, 5.41) is 8.77. The van der Waals surface area contributed by atoms with Crippen molar-refractivity contribution >= 4 is 28.7 Å². The SMILES string of the molecule is CN(C(=O)O)C1CCCCC1I. The fraction of sp³-hybridized carbons (Fsp3) is 0.875. The van der Waals surface area contributed by atoms with Gasteiger partial charge in [0.25, 0.3) is 0 Å². The number of amides is 1. The normalized spacial score (nSPS) is 29.8. The number of halogens is 1. The monoisotopic (exact) mass is 283 g/mol. The van der Waals surface area contributed by atoms with E-state index in [1.165, 1.54) is 17.7 Å². The topological polar surface area (TPSA) is 40.5 Å². The molecule has 3 nitrogen and oxygen atoms in total. The number of carboxylic acid groups (broad SMARTS) is 1. The van der Waals surface area contributed by atoms with Crippen LogP contribution in [0.3, 0.4) is 0 Å². The van der Waals surface area contributed by atoms with Crippen molar-refractivity contribution in [3.05, 3.63) is 0 Å². The lowest BCUT2D eigenvalue weighted by atomic mass is 9.95. The second-order valence-electron chi connectivity index (χ2n) is 3.26. The maximum atomic E-state index is 10.7. The highest BCUT2D eigenvalue weighted by molar-refractivity contribution is 14.1. The molecule has 1 aliphatic rings. The van der Waals surface area contributed by atoms with Gasteiger partial charge in [-0.25, -0.2) is 4.79 Å². The van der Waals surface area contributed by atoms with E-state index in [0.717, 1.165) is 12.8 Å². The summed E-state index contributed by atoms with van der Waals surface area (Å²) in [6, 6.07) is 0.233. The summed E-state index contributed by atoms with van der Waals surface area (Å²) in [4.78, 5) is 12.1. The van der Waals surface area contributed by atoms with Gasteiger partial charge in [0, 0.05) is 17.0 Å². The van der Waals surface area contributed by atoms with E-state index in [2.05, 4.69) is 22.6 Å². The van der Waals surface area contributed by atoms with Crippen LogP contribution < -0.4 is 0 Å². The molecule has 1 N–H and O–H groups in total. The van der Waals surface area contributed by atoms with Gasteiger partial charge in [0.1, 0.15) is 0 Å². The molecule has 0 radical (unpaired) electrons. The molecule has 0 bridgehead atoms. The van der Waals surface area contributed by atoms with Crippen LogP contribution in [0.5, 0.6) is 0 Å². The number of rotatable bonds is 1. The quantitative estimate of drug-likeness (QED) is 0.592. The van der Waals surface area contributed by atoms with Crippen LogP contribution in [-0.2, 0) is 0 Å². The third kappa shape index (κ3) is 2.24. The van der Waals surface area contributed by atoms with Crippen LogP contribution >= 0.6 is 22.6 Å². The summed E-state index contributed by atoms with van der Waals surface area (Å²) in [6.45, 7) is 0. The number of nitrogens with zero attached hydrogens (tertiary/aromatic N) is 1. The molecule has 0 spiro atoms. The van der Waals surface area contributed by atoms with E-state index in [1.54, 1.807) is 7.05 Å². The molecule has 70 valence electrons. The first-order chi connectivity index (χ1) is 5.63. The first-order valence-electron chi connectivity index (χ1n) is 4.22. The summed E-state index contributed by atoms with van der Waals surface area (Å²) in [5.41, 5.74) is 0. The van der Waals surface area contributed by atoms with Crippen molar-refractivity contribution in [1.29, 1.82) is 0 Å². The molecule has 2 unspecified atom stereocenters. The van der Waals surface area contributed by atoms with Crippen LogP contribution in [0.25, 0.3) is 0 Å². The van der Waals surface area contributed by atoms with Gasteiger partial charge >= 0.3 is 6.09 Å². The fourth-order valence-electron chi connectivity index (χ4n) is 1.64. The minimum absolute atomic E-state index is 0.233. The number of hydrogen-bond acceptors (Lipinski definition) is 1. The van der Waals surface area contributed by atoms with Crippen LogP contribution in [0, 0.1) is 0 Å². The second-order valence-corrected chi connectivity index (χ2v) is 4.86.